The summed E-state index contributed by atoms with van der Waals surface area (Å²) in [7, 11) is 0. The lowest BCUT2D eigenvalue weighted by Gasteiger charge is -2.05. The molecule has 0 heterocycles. The first-order valence-electron chi connectivity index (χ1n) is 6.91. The zero-order valence-electron chi connectivity index (χ0n) is 11.8. The fraction of sp³-hybridized carbons (Fsp3) is 0.235. The fourth-order valence-corrected chi connectivity index (χ4v) is 3.37. The number of thioether (sulfide) groups is 2. The molecule has 110 valence electrons. The SMILES string of the molecule is O=C(CSCc1ccccc1)NCCSc1ccccc1. The van der Waals surface area contributed by atoms with Crippen molar-refractivity contribution in [3.8, 4) is 0 Å². The molecule has 0 aliphatic carbocycles. The topological polar surface area (TPSA) is 29.1 Å². The lowest BCUT2D eigenvalue weighted by Crippen LogP contribution is -2.27. The number of rotatable bonds is 8. The van der Waals surface area contributed by atoms with Gasteiger partial charge in [0.05, 0.1) is 5.75 Å². The van der Waals surface area contributed by atoms with E-state index in [1.807, 2.05) is 36.4 Å². The van der Waals surface area contributed by atoms with Crippen molar-refractivity contribution in [1.82, 2.24) is 5.32 Å². The Morgan fingerprint density at radius 2 is 1.62 bits per heavy atom. The minimum atomic E-state index is 0.115. The molecule has 0 aromatic heterocycles. The van der Waals surface area contributed by atoms with Gasteiger partial charge in [-0.05, 0) is 17.7 Å². The van der Waals surface area contributed by atoms with Gasteiger partial charge in [-0.1, -0.05) is 48.5 Å². The van der Waals surface area contributed by atoms with Gasteiger partial charge in [-0.2, -0.15) is 0 Å². The molecule has 0 fully saturated rings. The Bertz CT molecular complexity index is 531. The van der Waals surface area contributed by atoms with Crippen LogP contribution >= 0.6 is 23.5 Å². The van der Waals surface area contributed by atoms with Crippen LogP contribution in [0, 0.1) is 0 Å². The van der Waals surface area contributed by atoms with Crippen LogP contribution in [0.1, 0.15) is 5.56 Å². The van der Waals surface area contributed by atoms with Crippen molar-refractivity contribution in [3.63, 3.8) is 0 Å². The molecule has 0 saturated heterocycles. The molecule has 1 amide bonds. The summed E-state index contributed by atoms with van der Waals surface area (Å²) in [5.74, 6) is 2.42. The Hall–Kier alpha value is -1.39. The first-order valence-corrected chi connectivity index (χ1v) is 9.05. The van der Waals surface area contributed by atoms with Crippen molar-refractivity contribution in [3.05, 3.63) is 66.2 Å². The summed E-state index contributed by atoms with van der Waals surface area (Å²) < 4.78 is 0. The lowest BCUT2D eigenvalue weighted by molar-refractivity contribution is -0.118. The van der Waals surface area contributed by atoms with Crippen LogP contribution in [0.4, 0.5) is 0 Å². The first-order chi connectivity index (χ1) is 10.3. The van der Waals surface area contributed by atoms with Crippen LogP contribution in [-0.4, -0.2) is 24.0 Å². The number of hydrogen-bond donors (Lipinski definition) is 1. The van der Waals surface area contributed by atoms with E-state index in [4.69, 9.17) is 0 Å². The maximum absolute atomic E-state index is 11.7. The molecule has 0 unspecified atom stereocenters. The molecule has 21 heavy (non-hydrogen) atoms. The average molecular weight is 317 g/mol. The van der Waals surface area contributed by atoms with Gasteiger partial charge in [0.15, 0.2) is 0 Å². The van der Waals surface area contributed by atoms with Gasteiger partial charge in [0.1, 0.15) is 0 Å². The van der Waals surface area contributed by atoms with Crippen molar-refractivity contribution >= 4 is 29.4 Å². The Morgan fingerprint density at radius 1 is 0.952 bits per heavy atom. The van der Waals surface area contributed by atoms with Gasteiger partial charge < -0.3 is 5.32 Å². The second-order valence-electron chi connectivity index (χ2n) is 4.49. The first kappa shape index (κ1) is 16.0. The summed E-state index contributed by atoms with van der Waals surface area (Å²) in [6.45, 7) is 0.713. The van der Waals surface area contributed by atoms with Crippen LogP contribution in [0.5, 0.6) is 0 Å². The molecule has 0 saturated carbocycles. The van der Waals surface area contributed by atoms with E-state index in [9.17, 15) is 4.79 Å². The van der Waals surface area contributed by atoms with E-state index < -0.39 is 0 Å². The zero-order valence-corrected chi connectivity index (χ0v) is 13.5. The van der Waals surface area contributed by atoms with E-state index in [1.54, 1.807) is 23.5 Å². The highest BCUT2D eigenvalue weighted by Gasteiger charge is 2.01. The molecule has 4 heteroatoms. The highest BCUT2D eigenvalue weighted by atomic mass is 32.2. The predicted molar refractivity (Wildman–Crippen MR) is 92.8 cm³/mol. The number of amides is 1. The number of carbonyl (C=O) groups is 1. The minimum absolute atomic E-state index is 0.115. The molecule has 1 N–H and O–H groups in total. The number of carbonyl (C=O) groups excluding carboxylic acids is 1. The molecule has 0 spiro atoms. The van der Waals surface area contributed by atoms with Crippen LogP contribution < -0.4 is 5.32 Å². The molecule has 0 atom stereocenters. The third-order valence-corrected chi connectivity index (χ3v) is 4.80. The van der Waals surface area contributed by atoms with Crippen molar-refractivity contribution in [2.24, 2.45) is 0 Å². The Labute approximate surface area is 134 Å². The minimum Gasteiger partial charge on any atom is -0.355 e. The van der Waals surface area contributed by atoms with Gasteiger partial charge in [-0.3, -0.25) is 4.79 Å². The normalized spacial score (nSPS) is 10.3. The van der Waals surface area contributed by atoms with Gasteiger partial charge in [0.25, 0.3) is 0 Å². The Balaban J connectivity index is 1.54. The largest absolute Gasteiger partial charge is 0.355 e. The smallest absolute Gasteiger partial charge is 0.230 e. The van der Waals surface area contributed by atoms with Crippen LogP contribution in [-0.2, 0) is 10.5 Å². The van der Waals surface area contributed by atoms with Crippen LogP contribution in [0.15, 0.2) is 65.6 Å². The van der Waals surface area contributed by atoms with E-state index in [2.05, 4.69) is 29.6 Å². The van der Waals surface area contributed by atoms with E-state index in [1.165, 1.54) is 10.5 Å². The van der Waals surface area contributed by atoms with Crippen LogP contribution in [0.3, 0.4) is 0 Å². The summed E-state index contributed by atoms with van der Waals surface area (Å²) in [5, 5.41) is 2.96. The molecule has 2 rings (SSSR count). The van der Waals surface area contributed by atoms with Gasteiger partial charge in [-0.25, -0.2) is 0 Å². The van der Waals surface area contributed by atoms with E-state index in [0.29, 0.717) is 12.3 Å². The number of nitrogens with one attached hydrogen (secondary N) is 1. The third kappa shape index (κ3) is 6.74. The fourth-order valence-electron chi connectivity index (χ4n) is 1.76. The lowest BCUT2D eigenvalue weighted by atomic mass is 10.2. The zero-order chi connectivity index (χ0) is 14.8. The summed E-state index contributed by atoms with van der Waals surface area (Å²) in [4.78, 5) is 12.9. The van der Waals surface area contributed by atoms with E-state index in [-0.39, 0.29) is 5.91 Å². The Morgan fingerprint density at radius 3 is 2.33 bits per heavy atom. The molecule has 0 bridgehead atoms. The van der Waals surface area contributed by atoms with Crippen LogP contribution in [0.2, 0.25) is 0 Å². The molecule has 0 radical (unpaired) electrons. The monoisotopic (exact) mass is 317 g/mol. The van der Waals surface area contributed by atoms with Crippen molar-refractivity contribution in [1.29, 1.82) is 0 Å². The van der Waals surface area contributed by atoms with Gasteiger partial charge in [0.2, 0.25) is 5.91 Å². The second-order valence-corrected chi connectivity index (χ2v) is 6.64. The number of hydrogen-bond acceptors (Lipinski definition) is 3. The molecule has 2 aromatic rings. The number of benzene rings is 2. The van der Waals surface area contributed by atoms with Gasteiger partial charge in [-0.15, -0.1) is 23.5 Å². The highest BCUT2D eigenvalue weighted by Crippen LogP contribution is 2.16. The molecule has 2 nitrogen and oxygen atoms in total. The summed E-state index contributed by atoms with van der Waals surface area (Å²) in [6.07, 6.45) is 0. The maximum Gasteiger partial charge on any atom is 0.230 e. The van der Waals surface area contributed by atoms with Crippen molar-refractivity contribution < 1.29 is 4.79 Å². The third-order valence-electron chi connectivity index (χ3n) is 2.78. The molecule has 2 aromatic carbocycles. The van der Waals surface area contributed by atoms with E-state index in [0.717, 1.165) is 11.5 Å². The second kappa shape index (κ2) is 9.53. The molecule has 0 aliphatic heterocycles. The summed E-state index contributed by atoms with van der Waals surface area (Å²) >= 11 is 3.41. The Kier molecular flexibility index (Phi) is 7.25. The standard InChI is InChI=1S/C17H19NOS2/c19-17(14-20-13-15-7-3-1-4-8-15)18-11-12-21-16-9-5-2-6-10-16/h1-10H,11-14H2,(H,18,19). The van der Waals surface area contributed by atoms with Gasteiger partial charge in [0, 0.05) is 22.9 Å². The highest BCUT2D eigenvalue weighted by molar-refractivity contribution is 7.99. The van der Waals surface area contributed by atoms with Crippen LogP contribution in [0.25, 0.3) is 0 Å². The van der Waals surface area contributed by atoms with Crippen molar-refractivity contribution in [2.45, 2.75) is 10.6 Å². The molecular weight excluding hydrogens is 298 g/mol. The van der Waals surface area contributed by atoms with E-state index >= 15 is 0 Å². The maximum atomic E-state index is 11.7. The average Bonchev–Trinajstić information content (AvgIpc) is 2.54. The molecule has 0 aliphatic rings. The predicted octanol–water partition coefficient (Wildman–Crippen LogP) is 3.83. The summed E-state index contributed by atoms with van der Waals surface area (Å²) in [6, 6.07) is 20.5. The van der Waals surface area contributed by atoms with Gasteiger partial charge >= 0.3 is 0 Å². The quantitative estimate of drug-likeness (QED) is 0.593. The summed E-state index contributed by atoms with van der Waals surface area (Å²) in [5.41, 5.74) is 1.26. The van der Waals surface area contributed by atoms with Crippen molar-refractivity contribution in [2.75, 3.05) is 18.1 Å². The molecular formula is C17H19NOS2.